The van der Waals surface area contributed by atoms with E-state index in [9.17, 15) is 10.1 Å². The predicted molar refractivity (Wildman–Crippen MR) is 118 cm³/mol. The van der Waals surface area contributed by atoms with Crippen molar-refractivity contribution in [2.75, 3.05) is 12.4 Å². The normalized spacial score (nSPS) is 21.4. The maximum atomic E-state index is 11.5. The minimum Gasteiger partial charge on any atom is -0.490 e. The van der Waals surface area contributed by atoms with Crippen molar-refractivity contribution < 1.29 is 9.66 Å². The maximum absolute atomic E-state index is 11.5. The highest BCUT2D eigenvalue weighted by Crippen LogP contribution is 2.51. The monoisotopic (exact) mass is 398 g/mol. The van der Waals surface area contributed by atoms with E-state index < -0.39 is 0 Å². The molecule has 1 unspecified atom stereocenters. The first-order valence-electron chi connectivity index (χ1n) is 10.1. The lowest BCUT2D eigenvalue weighted by atomic mass is 9.76. The van der Waals surface area contributed by atoms with Gasteiger partial charge in [0, 0.05) is 17.7 Å². The Balaban J connectivity index is 1.55. The maximum Gasteiger partial charge on any atom is 0.311 e. The number of anilines is 1. The van der Waals surface area contributed by atoms with Gasteiger partial charge in [-0.15, -0.1) is 0 Å². The molecule has 0 bridgehead atoms. The predicted octanol–water partition coefficient (Wildman–Crippen LogP) is 6.10. The van der Waals surface area contributed by atoms with Gasteiger partial charge < -0.3 is 10.1 Å². The van der Waals surface area contributed by atoms with E-state index in [4.69, 9.17) is 4.74 Å². The van der Waals surface area contributed by atoms with Crippen LogP contribution in [0.25, 0.3) is 11.1 Å². The van der Waals surface area contributed by atoms with Crippen LogP contribution in [0.15, 0.2) is 78.9 Å². The lowest BCUT2D eigenvalue weighted by Crippen LogP contribution is -2.29. The number of ether oxygens (including phenoxy) is 1. The van der Waals surface area contributed by atoms with Gasteiger partial charge in [0.2, 0.25) is 0 Å². The highest BCUT2D eigenvalue weighted by molar-refractivity contribution is 5.71. The molecule has 2 aliphatic rings. The van der Waals surface area contributed by atoms with Gasteiger partial charge in [0.15, 0.2) is 5.75 Å². The topological polar surface area (TPSA) is 64.4 Å². The molecule has 1 aliphatic heterocycles. The van der Waals surface area contributed by atoms with E-state index in [1.54, 1.807) is 12.1 Å². The van der Waals surface area contributed by atoms with Gasteiger partial charge in [-0.3, -0.25) is 10.1 Å². The molecule has 3 aromatic carbocycles. The third kappa shape index (κ3) is 3.03. The average Bonchev–Trinajstić information content (AvgIpc) is 3.28. The van der Waals surface area contributed by atoms with Crippen molar-refractivity contribution in [3.8, 4) is 16.9 Å². The minimum atomic E-state index is -0.379. The van der Waals surface area contributed by atoms with E-state index >= 15 is 0 Å². The summed E-state index contributed by atoms with van der Waals surface area (Å²) in [5, 5.41) is 15.2. The van der Waals surface area contributed by atoms with Crippen molar-refractivity contribution in [3.05, 3.63) is 100 Å². The van der Waals surface area contributed by atoms with Crippen LogP contribution in [0.2, 0.25) is 0 Å². The molecular weight excluding hydrogens is 376 g/mol. The number of nitrogens with one attached hydrogen (secondary N) is 1. The van der Waals surface area contributed by atoms with E-state index in [0.717, 1.165) is 17.7 Å². The van der Waals surface area contributed by atoms with E-state index in [2.05, 4.69) is 59.9 Å². The third-order valence-electron chi connectivity index (χ3n) is 6.23. The van der Waals surface area contributed by atoms with Crippen LogP contribution in [-0.2, 0) is 0 Å². The van der Waals surface area contributed by atoms with Gasteiger partial charge in [-0.25, -0.2) is 0 Å². The number of rotatable bonds is 4. The van der Waals surface area contributed by atoms with Crippen LogP contribution in [0.1, 0.15) is 29.5 Å². The first-order chi connectivity index (χ1) is 14.7. The van der Waals surface area contributed by atoms with Crippen molar-refractivity contribution in [3.63, 3.8) is 0 Å². The molecule has 5 nitrogen and oxygen atoms in total. The Labute approximate surface area is 175 Å². The molecule has 5 heteroatoms. The van der Waals surface area contributed by atoms with E-state index in [1.165, 1.54) is 23.8 Å². The summed E-state index contributed by atoms with van der Waals surface area (Å²) < 4.78 is 5.17. The first-order valence-corrected chi connectivity index (χ1v) is 10.1. The molecule has 0 fully saturated rings. The first kappa shape index (κ1) is 18.4. The summed E-state index contributed by atoms with van der Waals surface area (Å²) in [4.78, 5) is 11.1. The molecule has 3 atom stereocenters. The fraction of sp³-hybridized carbons (Fsp3) is 0.200. The summed E-state index contributed by atoms with van der Waals surface area (Å²) in [5.74, 6) is 0.890. The Hall–Kier alpha value is -3.60. The summed E-state index contributed by atoms with van der Waals surface area (Å²) in [6, 6.07) is 22.2. The van der Waals surface area contributed by atoms with Crippen LogP contribution < -0.4 is 10.1 Å². The standard InChI is InChI=1S/C25H22N2O3/c1-30-24-13-11-18(15-23(24)27(28)29)25-20-9-5-8-19(20)21-14-17(10-12-22(21)26-25)16-6-3-2-4-7-16/h2-8,10-15,19-20,25-26H,9H2,1H3/t19-,20+,25?/m1/s1. The summed E-state index contributed by atoms with van der Waals surface area (Å²) in [5.41, 5.74) is 5.70. The van der Waals surface area contributed by atoms with Gasteiger partial charge in [0.25, 0.3) is 0 Å². The molecule has 0 amide bonds. The lowest BCUT2D eigenvalue weighted by Gasteiger charge is -2.37. The van der Waals surface area contributed by atoms with E-state index in [-0.39, 0.29) is 28.3 Å². The second-order valence-corrected chi connectivity index (χ2v) is 7.83. The number of hydrogen-bond donors (Lipinski definition) is 1. The zero-order chi connectivity index (χ0) is 20.7. The largest absolute Gasteiger partial charge is 0.490 e. The second-order valence-electron chi connectivity index (χ2n) is 7.83. The van der Waals surface area contributed by atoms with Gasteiger partial charge in [-0.05, 0) is 52.8 Å². The zero-order valence-corrected chi connectivity index (χ0v) is 16.6. The van der Waals surface area contributed by atoms with Crippen molar-refractivity contribution in [1.82, 2.24) is 0 Å². The number of nitro groups is 1. The number of hydrogen-bond acceptors (Lipinski definition) is 4. The fourth-order valence-corrected chi connectivity index (χ4v) is 4.78. The van der Waals surface area contributed by atoms with Crippen molar-refractivity contribution in [2.45, 2.75) is 18.4 Å². The smallest absolute Gasteiger partial charge is 0.311 e. The number of fused-ring (bicyclic) bond motifs is 3. The molecule has 5 rings (SSSR count). The molecular formula is C25H22N2O3. The van der Waals surface area contributed by atoms with E-state index in [1.807, 2.05) is 12.1 Å². The summed E-state index contributed by atoms with van der Waals surface area (Å²) in [6.45, 7) is 0. The molecule has 0 saturated carbocycles. The van der Waals surface area contributed by atoms with E-state index in [0.29, 0.717) is 5.92 Å². The summed E-state index contributed by atoms with van der Waals surface area (Å²) >= 11 is 0. The van der Waals surface area contributed by atoms with Crippen LogP contribution in [0.5, 0.6) is 5.75 Å². The molecule has 1 N–H and O–H groups in total. The number of nitro benzene ring substituents is 1. The summed E-state index contributed by atoms with van der Waals surface area (Å²) in [6.07, 6.45) is 5.45. The van der Waals surface area contributed by atoms with Crippen LogP contribution in [-0.4, -0.2) is 12.0 Å². The third-order valence-corrected chi connectivity index (χ3v) is 6.23. The summed E-state index contributed by atoms with van der Waals surface area (Å²) in [7, 11) is 1.46. The van der Waals surface area contributed by atoms with Crippen LogP contribution >= 0.6 is 0 Å². The van der Waals surface area contributed by atoms with Crippen molar-refractivity contribution in [1.29, 1.82) is 0 Å². The van der Waals surface area contributed by atoms with Gasteiger partial charge in [0.1, 0.15) is 0 Å². The number of allylic oxidation sites excluding steroid dienone is 2. The highest BCUT2D eigenvalue weighted by atomic mass is 16.6. The van der Waals surface area contributed by atoms with Gasteiger partial charge in [0.05, 0.1) is 18.1 Å². The number of benzene rings is 3. The van der Waals surface area contributed by atoms with Gasteiger partial charge in [-0.2, -0.15) is 0 Å². The minimum absolute atomic E-state index is 0.00419. The second kappa shape index (κ2) is 7.34. The quantitative estimate of drug-likeness (QED) is 0.328. The van der Waals surface area contributed by atoms with Gasteiger partial charge >= 0.3 is 5.69 Å². The Bertz CT molecular complexity index is 1140. The number of methoxy groups -OCH3 is 1. The molecule has 0 spiro atoms. The number of nitrogens with zero attached hydrogens (tertiary/aromatic N) is 1. The Morgan fingerprint density at radius 1 is 1.03 bits per heavy atom. The Morgan fingerprint density at radius 3 is 2.63 bits per heavy atom. The molecule has 1 aliphatic carbocycles. The molecule has 30 heavy (non-hydrogen) atoms. The van der Waals surface area contributed by atoms with Crippen LogP contribution in [0, 0.1) is 16.0 Å². The molecule has 0 aromatic heterocycles. The Kier molecular flexibility index (Phi) is 4.51. The van der Waals surface area contributed by atoms with Crippen LogP contribution in [0.3, 0.4) is 0 Å². The van der Waals surface area contributed by atoms with Gasteiger partial charge in [-0.1, -0.05) is 54.6 Å². The van der Waals surface area contributed by atoms with Crippen LogP contribution in [0.4, 0.5) is 11.4 Å². The zero-order valence-electron chi connectivity index (χ0n) is 16.6. The highest BCUT2D eigenvalue weighted by Gasteiger charge is 2.38. The molecule has 0 saturated heterocycles. The average molecular weight is 398 g/mol. The SMILES string of the molecule is COc1ccc(C2Nc3ccc(-c4ccccc4)cc3[C@@H]3C=CC[C@H]23)cc1[N+](=O)[O-]. The van der Waals surface area contributed by atoms with Crippen molar-refractivity contribution >= 4 is 11.4 Å². The Morgan fingerprint density at radius 2 is 1.87 bits per heavy atom. The molecule has 1 heterocycles. The molecule has 3 aromatic rings. The van der Waals surface area contributed by atoms with Crippen molar-refractivity contribution in [2.24, 2.45) is 5.92 Å². The molecule has 0 radical (unpaired) electrons. The fourth-order valence-electron chi connectivity index (χ4n) is 4.78. The lowest BCUT2D eigenvalue weighted by molar-refractivity contribution is -0.385. The molecule has 150 valence electrons.